The Balaban J connectivity index is 1.95. The number of hydrogen-bond acceptors (Lipinski definition) is 2. The zero-order valence-corrected chi connectivity index (χ0v) is 10.0. The summed E-state index contributed by atoms with van der Waals surface area (Å²) >= 11 is 0. The molecule has 3 nitrogen and oxygen atoms in total. The van der Waals surface area contributed by atoms with Crippen LogP contribution in [0.2, 0.25) is 0 Å². The smallest absolute Gasteiger partial charge is 0.128 e. The van der Waals surface area contributed by atoms with E-state index in [-0.39, 0.29) is 5.82 Å². The number of nitrogens with one attached hydrogen (secondary N) is 1. The van der Waals surface area contributed by atoms with E-state index in [0.717, 1.165) is 30.7 Å². The molecule has 0 bridgehead atoms. The fraction of sp³-hybridized carbons (Fsp3) is 0.462. The number of hydrogen-bond donors (Lipinski definition) is 1. The molecule has 0 saturated carbocycles. The second kappa shape index (κ2) is 5.27. The van der Waals surface area contributed by atoms with E-state index in [1.165, 1.54) is 12.1 Å². The first-order valence-corrected chi connectivity index (χ1v) is 5.92. The maximum atomic E-state index is 13.1. The summed E-state index contributed by atoms with van der Waals surface area (Å²) in [5.74, 6) is 0.153. The monoisotopic (exact) mass is 236 g/mol. The van der Waals surface area contributed by atoms with Crippen molar-refractivity contribution in [3.63, 3.8) is 0 Å². The zero-order chi connectivity index (χ0) is 12.3. The number of fused-ring (bicyclic) bond motifs is 1. The lowest BCUT2D eigenvalue weighted by Crippen LogP contribution is -2.25. The molecule has 2 rings (SSSR count). The SMILES string of the molecule is CCOCCCN1Cc2ccc(F)cc2C1=N. The first-order valence-electron chi connectivity index (χ1n) is 5.92. The third-order valence-electron chi connectivity index (χ3n) is 2.93. The van der Waals surface area contributed by atoms with Crippen LogP contribution in [0.4, 0.5) is 4.39 Å². The van der Waals surface area contributed by atoms with Crippen molar-refractivity contribution < 1.29 is 9.13 Å². The molecular formula is C13H17FN2O. The second-order valence-electron chi connectivity index (χ2n) is 4.12. The van der Waals surface area contributed by atoms with Gasteiger partial charge in [-0.3, -0.25) is 5.41 Å². The normalized spacial score (nSPS) is 14.2. The first-order chi connectivity index (χ1) is 8.22. The van der Waals surface area contributed by atoms with Gasteiger partial charge in [0.25, 0.3) is 0 Å². The molecule has 1 aromatic rings. The molecule has 4 heteroatoms. The molecule has 0 fully saturated rings. The molecule has 0 aromatic heterocycles. The highest BCUT2D eigenvalue weighted by molar-refractivity contribution is 6.00. The molecule has 0 atom stereocenters. The second-order valence-corrected chi connectivity index (χ2v) is 4.12. The van der Waals surface area contributed by atoms with E-state index < -0.39 is 0 Å². The standard InChI is InChI=1S/C13H17FN2O/c1-2-17-7-3-6-16-9-10-4-5-11(14)8-12(10)13(16)15/h4-5,8,15H,2-3,6-7,9H2,1H3. The molecule has 0 spiro atoms. The Labute approximate surface area is 101 Å². The summed E-state index contributed by atoms with van der Waals surface area (Å²) in [4.78, 5) is 1.96. The third-order valence-corrected chi connectivity index (χ3v) is 2.93. The fourth-order valence-corrected chi connectivity index (χ4v) is 2.05. The van der Waals surface area contributed by atoms with E-state index in [1.54, 1.807) is 6.07 Å². The van der Waals surface area contributed by atoms with Gasteiger partial charge in [0.15, 0.2) is 0 Å². The summed E-state index contributed by atoms with van der Waals surface area (Å²) < 4.78 is 18.3. The van der Waals surface area contributed by atoms with Gasteiger partial charge in [0.2, 0.25) is 0 Å². The summed E-state index contributed by atoms with van der Waals surface area (Å²) in [6.45, 7) is 4.90. The van der Waals surface area contributed by atoms with E-state index in [2.05, 4.69) is 0 Å². The van der Waals surface area contributed by atoms with Gasteiger partial charge in [-0.25, -0.2) is 4.39 Å². The molecule has 1 heterocycles. The van der Waals surface area contributed by atoms with Crippen LogP contribution in [0.1, 0.15) is 24.5 Å². The Bertz CT molecular complexity index is 420. The lowest BCUT2D eigenvalue weighted by atomic mass is 10.1. The summed E-state index contributed by atoms with van der Waals surface area (Å²) in [5, 5.41) is 7.98. The maximum absolute atomic E-state index is 13.1. The summed E-state index contributed by atoms with van der Waals surface area (Å²) in [6, 6.07) is 4.66. The van der Waals surface area contributed by atoms with Crippen LogP contribution in [0.5, 0.6) is 0 Å². The average Bonchev–Trinajstić information content (AvgIpc) is 2.62. The quantitative estimate of drug-likeness (QED) is 0.797. The molecule has 0 radical (unpaired) electrons. The molecule has 1 aliphatic rings. The predicted octanol–water partition coefficient (Wildman–Crippen LogP) is 2.39. The van der Waals surface area contributed by atoms with E-state index in [1.807, 2.05) is 11.8 Å². The van der Waals surface area contributed by atoms with Gasteiger partial charge in [0, 0.05) is 31.9 Å². The van der Waals surface area contributed by atoms with Gasteiger partial charge >= 0.3 is 0 Å². The van der Waals surface area contributed by atoms with Gasteiger partial charge in [-0.05, 0) is 31.0 Å². The number of rotatable bonds is 5. The fourth-order valence-electron chi connectivity index (χ4n) is 2.05. The summed E-state index contributed by atoms with van der Waals surface area (Å²) in [7, 11) is 0. The predicted molar refractivity (Wildman–Crippen MR) is 64.7 cm³/mol. The van der Waals surface area contributed by atoms with E-state index in [0.29, 0.717) is 19.0 Å². The largest absolute Gasteiger partial charge is 0.382 e. The van der Waals surface area contributed by atoms with Crippen molar-refractivity contribution in [1.29, 1.82) is 5.41 Å². The zero-order valence-electron chi connectivity index (χ0n) is 10.0. The van der Waals surface area contributed by atoms with E-state index in [4.69, 9.17) is 10.1 Å². The number of ether oxygens (including phenoxy) is 1. The Morgan fingerprint density at radius 3 is 3.06 bits per heavy atom. The van der Waals surface area contributed by atoms with Crippen molar-refractivity contribution >= 4 is 5.84 Å². The van der Waals surface area contributed by atoms with Crippen molar-refractivity contribution in [2.45, 2.75) is 19.9 Å². The van der Waals surface area contributed by atoms with Crippen LogP contribution >= 0.6 is 0 Å². The Morgan fingerprint density at radius 2 is 2.29 bits per heavy atom. The minimum Gasteiger partial charge on any atom is -0.382 e. The van der Waals surface area contributed by atoms with Gasteiger partial charge in [0.1, 0.15) is 11.7 Å². The highest BCUT2D eigenvalue weighted by atomic mass is 19.1. The van der Waals surface area contributed by atoms with Crippen LogP contribution in [0, 0.1) is 11.2 Å². The van der Waals surface area contributed by atoms with Crippen LogP contribution in [-0.4, -0.2) is 30.5 Å². The Hall–Kier alpha value is -1.42. The number of amidine groups is 1. The number of nitrogens with zero attached hydrogens (tertiary/aromatic N) is 1. The van der Waals surface area contributed by atoms with Crippen LogP contribution in [0.15, 0.2) is 18.2 Å². The van der Waals surface area contributed by atoms with Gasteiger partial charge in [0.05, 0.1) is 0 Å². The molecule has 0 amide bonds. The van der Waals surface area contributed by atoms with E-state index >= 15 is 0 Å². The molecule has 1 aliphatic heterocycles. The number of benzene rings is 1. The van der Waals surface area contributed by atoms with Crippen molar-refractivity contribution in [3.8, 4) is 0 Å². The first kappa shape index (κ1) is 12.0. The van der Waals surface area contributed by atoms with Gasteiger partial charge in [-0.1, -0.05) is 6.07 Å². The molecule has 0 unspecified atom stereocenters. The number of halogens is 1. The molecule has 17 heavy (non-hydrogen) atoms. The van der Waals surface area contributed by atoms with Crippen molar-refractivity contribution in [2.24, 2.45) is 0 Å². The molecule has 1 N–H and O–H groups in total. The van der Waals surface area contributed by atoms with Gasteiger partial charge < -0.3 is 9.64 Å². The van der Waals surface area contributed by atoms with Crippen LogP contribution in [0.3, 0.4) is 0 Å². The highest BCUT2D eigenvalue weighted by Gasteiger charge is 2.23. The molecule has 0 saturated heterocycles. The minimum absolute atomic E-state index is 0.273. The lowest BCUT2D eigenvalue weighted by Gasteiger charge is -2.17. The van der Waals surface area contributed by atoms with Crippen LogP contribution in [-0.2, 0) is 11.3 Å². The van der Waals surface area contributed by atoms with Crippen LogP contribution in [0.25, 0.3) is 0 Å². The molecule has 1 aromatic carbocycles. The maximum Gasteiger partial charge on any atom is 0.128 e. The molecule has 0 aliphatic carbocycles. The Morgan fingerprint density at radius 1 is 1.47 bits per heavy atom. The molecular weight excluding hydrogens is 219 g/mol. The summed E-state index contributed by atoms with van der Waals surface area (Å²) in [5.41, 5.74) is 1.76. The summed E-state index contributed by atoms with van der Waals surface area (Å²) in [6.07, 6.45) is 0.896. The van der Waals surface area contributed by atoms with Gasteiger partial charge in [-0.2, -0.15) is 0 Å². The topological polar surface area (TPSA) is 36.3 Å². The minimum atomic E-state index is -0.273. The van der Waals surface area contributed by atoms with Crippen molar-refractivity contribution in [2.75, 3.05) is 19.8 Å². The lowest BCUT2D eigenvalue weighted by molar-refractivity contribution is 0.139. The van der Waals surface area contributed by atoms with E-state index in [9.17, 15) is 4.39 Å². The third kappa shape index (κ3) is 2.64. The van der Waals surface area contributed by atoms with Crippen molar-refractivity contribution in [3.05, 3.63) is 35.1 Å². The van der Waals surface area contributed by atoms with Gasteiger partial charge in [-0.15, -0.1) is 0 Å². The molecule has 92 valence electrons. The van der Waals surface area contributed by atoms with Crippen LogP contribution < -0.4 is 0 Å². The Kier molecular flexibility index (Phi) is 3.74. The van der Waals surface area contributed by atoms with Crippen molar-refractivity contribution in [1.82, 2.24) is 4.90 Å². The highest BCUT2D eigenvalue weighted by Crippen LogP contribution is 2.23. The average molecular weight is 236 g/mol.